The lowest BCUT2D eigenvalue weighted by atomic mass is 10.0. The molecule has 0 rings (SSSR count). The van der Waals surface area contributed by atoms with Crippen LogP contribution in [0.15, 0.2) is 12.2 Å². The van der Waals surface area contributed by atoms with Crippen molar-refractivity contribution < 1.29 is 53.8 Å². The van der Waals surface area contributed by atoms with Crippen LogP contribution in [0, 0.1) is 0 Å². The van der Waals surface area contributed by atoms with Crippen molar-refractivity contribution in [2.45, 2.75) is 30.4 Å². The maximum Gasteiger partial charge on any atom is 0.460 e. The summed E-state index contributed by atoms with van der Waals surface area (Å²) in [7, 11) is 1.13. The quantitative estimate of drug-likeness (QED) is 0.376. The van der Waals surface area contributed by atoms with Crippen molar-refractivity contribution in [3.05, 3.63) is 12.2 Å². The Morgan fingerprint density at radius 1 is 0.957 bits per heavy atom. The number of ether oxygens (including phenoxy) is 2. The minimum atomic E-state index is -6.97. The highest BCUT2D eigenvalue weighted by atomic mass is 19.4. The molecule has 0 aromatic carbocycles. The predicted molar refractivity (Wildman–Crippen MR) is 57.5 cm³/mol. The second kappa shape index (κ2) is 6.97. The van der Waals surface area contributed by atoms with Crippen LogP contribution in [0.2, 0.25) is 0 Å². The SMILES string of the molecule is C=C(COC)C(=O)OCCC(F)(F)C(F)(F)C(F)(F)C(F)(F)F. The second-order valence-corrected chi connectivity index (χ2v) is 4.27. The molecule has 23 heavy (non-hydrogen) atoms. The standard InChI is InChI=1S/C11H11F9O3/c1-6(5-22-2)7(21)23-4-3-8(12,13)9(14,15)10(16,17)11(18,19)20/h1,3-5H2,2H3. The number of rotatable bonds is 8. The highest BCUT2D eigenvalue weighted by Crippen LogP contribution is 2.53. The third kappa shape index (κ3) is 4.52. The van der Waals surface area contributed by atoms with Gasteiger partial charge in [0.15, 0.2) is 0 Å². The van der Waals surface area contributed by atoms with E-state index in [-0.39, 0.29) is 0 Å². The molecular weight excluding hydrogens is 351 g/mol. The number of methoxy groups -OCH3 is 1. The van der Waals surface area contributed by atoms with Gasteiger partial charge in [-0.25, -0.2) is 4.79 Å². The van der Waals surface area contributed by atoms with Crippen molar-refractivity contribution in [3.63, 3.8) is 0 Å². The van der Waals surface area contributed by atoms with E-state index in [2.05, 4.69) is 16.1 Å². The minimum absolute atomic E-state index is 0.391. The summed E-state index contributed by atoms with van der Waals surface area (Å²) < 4.78 is 121. The molecule has 0 aliphatic rings. The molecule has 0 saturated heterocycles. The van der Waals surface area contributed by atoms with E-state index in [1.54, 1.807) is 0 Å². The molecule has 0 aromatic rings. The van der Waals surface area contributed by atoms with Crippen molar-refractivity contribution in [1.82, 2.24) is 0 Å². The van der Waals surface area contributed by atoms with Gasteiger partial charge >= 0.3 is 29.9 Å². The Morgan fingerprint density at radius 2 is 1.43 bits per heavy atom. The molecule has 0 spiro atoms. The first-order valence-electron chi connectivity index (χ1n) is 5.66. The summed E-state index contributed by atoms with van der Waals surface area (Å²) in [4.78, 5) is 11.1. The molecule has 0 fully saturated rings. The molecule has 0 N–H and O–H groups in total. The molecule has 0 aliphatic carbocycles. The van der Waals surface area contributed by atoms with Crippen LogP contribution in [-0.4, -0.2) is 50.2 Å². The number of esters is 1. The fourth-order valence-corrected chi connectivity index (χ4v) is 1.17. The van der Waals surface area contributed by atoms with Gasteiger partial charge in [0, 0.05) is 7.11 Å². The van der Waals surface area contributed by atoms with Gasteiger partial charge in [0.25, 0.3) is 0 Å². The molecular formula is C11H11F9O3. The summed E-state index contributed by atoms with van der Waals surface area (Å²) in [6, 6.07) is 0. The second-order valence-electron chi connectivity index (χ2n) is 4.27. The number of carbonyl (C=O) groups is 1. The summed E-state index contributed by atoms with van der Waals surface area (Å²) in [5, 5.41) is 0. The average Bonchev–Trinajstić information content (AvgIpc) is 2.36. The van der Waals surface area contributed by atoms with Crippen LogP contribution in [0.4, 0.5) is 39.5 Å². The van der Waals surface area contributed by atoms with E-state index in [0.29, 0.717) is 0 Å². The van der Waals surface area contributed by atoms with Crippen molar-refractivity contribution in [1.29, 1.82) is 0 Å². The zero-order chi connectivity index (χ0) is 18.7. The Bertz CT molecular complexity index is 443. The van der Waals surface area contributed by atoms with E-state index in [9.17, 15) is 44.3 Å². The first kappa shape index (κ1) is 21.5. The first-order chi connectivity index (χ1) is 10.1. The lowest BCUT2D eigenvalue weighted by Crippen LogP contribution is -2.61. The van der Waals surface area contributed by atoms with E-state index >= 15 is 0 Å². The van der Waals surface area contributed by atoms with Gasteiger partial charge in [-0.05, 0) is 0 Å². The van der Waals surface area contributed by atoms with Gasteiger partial charge in [0.2, 0.25) is 0 Å². The lowest BCUT2D eigenvalue weighted by Gasteiger charge is -2.33. The molecule has 0 bridgehead atoms. The molecule has 0 unspecified atom stereocenters. The summed E-state index contributed by atoms with van der Waals surface area (Å²) in [6.07, 6.45) is -9.14. The molecule has 0 amide bonds. The number of hydrogen-bond acceptors (Lipinski definition) is 3. The molecule has 3 nitrogen and oxygen atoms in total. The van der Waals surface area contributed by atoms with Crippen molar-refractivity contribution in [2.75, 3.05) is 20.3 Å². The van der Waals surface area contributed by atoms with Crippen LogP contribution in [-0.2, 0) is 14.3 Å². The fraction of sp³-hybridized carbons (Fsp3) is 0.727. The third-order valence-electron chi connectivity index (χ3n) is 2.47. The van der Waals surface area contributed by atoms with Gasteiger partial charge in [-0.1, -0.05) is 6.58 Å². The van der Waals surface area contributed by atoms with Gasteiger partial charge in [0.1, 0.15) is 0 Å². The van der Waals surface area contributed by atoms with Crippen LogP contribution in [0.5, 0.6) is 0 Å². The maximum atomic E-state index is 13.1. The summed E-state index contributed by atoms with van der Waals surface area (Å²) in [5.74, 6) is -20.8. The molecule has 12 heteroatoms. The number of halogens is 9. The third-order valence-corrected chi connectivity index (χ3v) is 2.47. The van der Waals surface area contributed by atoms with E-state index in [4.69, 9.17) is 0 Å². The Labute approximate surface area is 124 Å². The van der Waals surface area contributed by atoms with Crippen LogP contribution in [0.3, 0.4) is 0 Å². The Balaban J connectivity index is 4.94. The van der Waals surface area contributed by atoms with E-state index in [1.807, 2.05) is 0 Å². The molecule has 0 aliphatic heterocycles. The smallest absolute Gasteiger partial charge is 0.460 e. The van der Waals surface area contributed by atoms with Crippen LogP contribution in [0.1, 0.15) is 6.42 Å². The average molecular weight is 362 g/mol. The van der Waals surface area contributed by atoms with E-state index in [1.165, 1.54) is 0 Å². The van der Waals surface area contributed by atoms with Gasteiger partial charge in [0.05, 0.1) is 25.2 Å². The lowest BCUT2D eigenvalue weighted by molar-refractivity contribution is -0.397. The largest absolute Gasteiger partial charge is 0.462 e. The minimum Gasteiger partial charge on any atom is -0.462 e. The van der Waals surface area contributed by atoms with Crippen LogP contribution >= 0.6 is 0 Å². The predicted octanol–water partition coefficient (Wildman–Crippen LogP) is 3.59. The zero-order valence-electron chi connectivity index (χ0n) is 11.5. The van der Waals surface area contributed by atoms with Crippen molar-refractivity contribution >= 4 is 5.97 Å². The molecule has 136 valence electrons. The topological polar surface area (TPSA) is 35.5 Å². The molecule has 0 saturated carbocycles. The molecule has 0 heterocycles. The van der Waals surface area contributed by atoms with Gasteiger partial charge in [-0.15, -0.1) is 0 Å². The van der Waals surface area contributed by atoms with Crippen molar-refractivity contribution in [3.8, 4) is 0 Å². The van der Waals surface area contributed by atoms with Crippen LogP contribution in [0.25, 0.3) is 0 Å². The number of hydrogen-bond donors (Lipinski definition) is 0. The van der Waals surface area contributed by atoms with E-state index in [0.717, 1.165) is 7.11 Å². The first-order valence-corrected chi connectivity index (χ1v) is 5.66. The maximum absolute atomic E-state index is 13.1. The normalized spacial score (nSPS) is 13.8. The molecule has 0 aromatic heterocycles. The number of alkyl halides is 9. The van der Waals surface area contributed by atoms with Crippen LogP contribution < -0.4 is 0 Å². The fourth-order valence-electron chi connectivity index (χ4n) is 1.17. The number of carbonyl (C=O) groups excluding carboxylic acids is 1. The highest BCUT2D eigenvalue weighted by Gasteiger charge is 2.81. The van der Waals surface area contributed by atoms with Crippen molar-refractivity contribution in [2.24, 2.45) is 0 Å². The summed E-state index contributed by atoms with van der Waals surface area (Å²) >= 11 is 0. The van der Waals surface area contributed by atoms with E-state index < -0.39 is 55.1 Å². The Morgan fingerprint density at radius 3 is 1.83 bits per heavy atom. The monoisotopic (exact) mass is 362 g/mol. The molecule has 0 atom stereocenters. The highest BCUT2D eigenvalue weighted by molar-refractivity contribution is 5.87. The zero-order valence-corrected chi connectivity index (χ0v) is 11.5. The summed E-state index contributed by atoms with van der Waals surface area (Å²) in [5.41, 5.74) is -0.400. The Hall–Kier alpha value is -1.46. The van der Waals surface area contributed by atoms with Gasteiger partial charge < -0.3 is 9.47 Å². The van der Waals surface area contributed by atoms with Gasteiger partial charge in [-0.2, -0.15) is 39.5 Å². The Kier molecular flexibility index (Phi) is 6.53. The summed E-state index contributed by atoms with van der Waals surface area (Å²) in [6.45, 7) is 1.15. The molecule has 0 radical (unpaired) electrons. The van der Waals surface area contributed by atoms with Gasteiger partial charge in [-0.3, -0.25) is 0 Å².